The Morgan fingerprint density at radius 3 is 2.85 bits per heavy atom. The van der Waals surface area contributed by atoms with Crippen molar-refractivity contribution < 1.29 is 18.7 Å². The van der Waals surface area contributed by atoms with Gasteiger partial charge in [-0.15, -0.1) is 0 Å². The minimum atomic E-state index is -0.483. The van der Waals surface area contributed by atoms with Gasteiger partial charge in [0.1, 0.15) is 11.6 Å². The zero-order valence-electron chi connectivity index (χ0n) is 18.6. The molecule has 5 rings (SSSR count). The number of nitrogens with zero attached hydrogens (tertiary/aromatic N) is 3. The number of amides is 2. The first-order valence-electron chi connectivity index (χ1n) is 11.1. The lowest BCUT2D eigenvalue weighted by molar-refractivity contribution is -0.130. The van der Waals surface area contributed by atoms with E-state index in [1.54, 1.807) is 29.3 Å². The molecule has 3 heterocycles. The summed E-state index contributed by atoms with van der Waals surface area (Å²) in [6.45, 7) is 2.44. The van der Waals surface area contributed by atoms with Crippen molar-refractivity contribution in [2.45, 2.75) is 50.6 Å². The zero-order chi connectivity index (χ0) is 23.2. The van der Waals surface area contributed by atoms with Gasteiger partial charge in [0.2, 0.25) is 5.91 Å². The van der Waals surface area contributed by atoms with Gasteiger partial charge in [0.15, 0.2) is 17.2 Å². The highest BCUT2D eigenvalue weighted by Crippen LogP contribution is 2.40. The molecule has 2 fully saturated rings. The summed E-state index contributed by atoms with van der Waals surface area (Å²) in [4.78, 5) is 36.7. The molecule has 1 aliphatic carbocycles. The van der Waals surface area contributed by atoms with E-state index >= 15 is 0 Å². The SMILES string of the molecule is CCC1C(=O)NC2(CC2)CN1C(=O)c1cc(OC)c2oc(CCc3cc(Cl)ccn3)nc2c1. The molecule has 1 aliphatic heterocycles. The van der Waals surface area contributed by atoms with Crippen LogP contribution in [0.15, 0.2) is 34.9 Å². The number of fused-ring (bicyclic) bond motifs is 1. The average molecular weight is 469 g/mol. The first kappa shape index (κ1) is 21.7. The van der Waals surface area contributed by atoms with E-state index in [1.165, 1.54) is 7.11 Å². The Hall–Kier alpha value is -3.13. The number of carbonyl (C=O) groups excluding carboxylic acids is 2. The smallest absolute Gasteiger partial charge is 0.254 e. The van der Waals surface area contributed by atoms with E-state index in [0.29, 0.717) is 59.1 Å². The Morgan fingerprint density at radius 2 is 2.15 bits per heavy atom. The number of carbonyl (C=O) groups is 2. The molecule has 1 saturated carbocycles. The monoisotopic (exact) mass is 468 g/mol. The maximum atomic E-state index is 13.5. The van der Waals surface area contributed by atoms with Crippen LogP contribution in [0.25, 0.3) is 11.1 Å². The summed E-state index contributed by atoms with van der Waals surface area (Å²) in [7, 11) is 1.53. The van der Waals surface area contributed by atoms with E-state index in [2.05, 4.69) is 15.3 Å². The second-order valence-corrected chi connectivity index (χ2v) is 9.16. The van der Waals surface area contributed by atoms with Crippen molar-refractivity contribution in [1.82, 2.24) is 20.2 Å². The molecule has 2 aliphatic rings. The fraction of sp³-hybridized carbons (Fsp3) is 0.417. The number of pyridine rings is 1. The van der Waals surface area contributed by atoms with Gasteiger partial charge >= 0.3 is 0 Å². The molecular weight excluding hydrogens is 444 g/mol. The van der Waals surface area contributed by atoms with Crippen molar-refractivity contribution in [2.75, 3.05) is 13.7 Å². The van der Waals surface area contributed by atoms with E-state index in [-0.39, 0.29) is 17.4 Å². The summed E-state index contributed by atoms with van der Waals surface area (Å²) in [5.74, 6) is 0.679. The van der Waals surface area contributed by atoms with Crippen LogP contribution < -0.4 is 10.1 Å². The second-order valence-electron chi connectivity index (χ2n) is 8.73. The molecule has 1 spiro atoms. The molecule has 2 aromatic heterocycles. The van der Waals surface area contributed by atoms with E-state index in [4.69, 9.17) is 20.8 Å². The normalized spacial score (nSPS) is 19.1. The van der Waals surface area contributed by atoms with Crippen LogP contribution in [-0.2, 0) is 17.6 Å². The molecule has 9 heteroatoms. The summed E-state index contributed by atoms with van der Waals surface area (Å²) in [6.07, 6.45) is 5.16. The van der Waals surface area contributed by atoms with Gasteiger partial charge in [-0.3, -0.25) is 14.6 Å². The van der Waals surface area contributed by atoms with Crippen molar-refractivity contribution in [2.24, 2.45) is 0 Å². The fourth-order valence-electron chi connectivity index (χ4n) is 4.43. The van der Waals surface area contributed by atoms with E-state index in [0.717, 1.165) is 18.5 Å². The maximum absolute atomic E-state index is 13.5. The van der Waals surface area contributed by atoms with Crippen LogP contribution in [0.1, 0.15) is 48.1 Å². The van der Waals surface area contributed by atoms with Gasteiger partial charge in [0, 0.05) is 35.4 Å². The van der Waals surface area contributed by atoms with Crippen LogP contribution >= 0.6 is 11.6 Å². The predicted molar refractivity (Wildman–Crippen MR) is 122 cm³/mol. The van der Waals surface area contributed by atoms with Crippen molar-refractivity contribution >= 4 is 34.5 Å². The first-order chi connectivity index (χ1) is 15.9. The van der Waals surface area contributed by atoms with Gasteiger partial charge < -0.3 is 19.4 Å². The third-order valence-corrected chi connectivity index (χ3v) is 6.62. The number of hydrogen-bond acceptors (Lipinski definition) is 6. The van der Waals surface area contributed by atoms with Crippen LogP contribution in [0.3, 0.4) is 0 Å². The molecule has 172 valence electrons. The number of halogens is 1. The summed E-state index contributed by atoms with van der Waals surface area (Å²) in [5, 5.41) is 3.72. The van der Waals surface area contributed by atoms with Crippen molar-refractivity contribution in [3.05, 3.63) is 52.6 Å². The number of methoxy groups -OCH3 is 1. The largest absolute Gasteiger partial charge is 0.493 e. The topological polar surface area (TPSA) is 97.6 Å². The van der Waals surface area contributed by atoms with Gasteiger partial charge in [-0.25, -0.2) is 4.98 Å². The van der Waals surface area contributed by atoms with Crippen molar-refractivity contribution in [3.63, 3.8) is 0 Å². The van der Waals surface area contributed by atoms with E-state index in [9.17, 15) is 9.59 Å². The Morgan fingerprint density at radius 1 is 1.33 bits per heavy atom. The fourth-order valence-corrected chi connectivity index (χ4v) is 4.61. The summed E-state index contributed by atoms with van der Waals surface area (Å²) < 4.78 is 11.5. The number of aryl methyl sites for hydroxylation is 2. The lowest BCUT2D eigenvalue weighted by Gasteiger charge is -2.39. The summed E-state index contributed by atoms with van der Waals surface area (Å²) in [6, 6.07) is 6.44. The highest BCUT2D eigenvalue weighted by atomic mass is 35.5. The number of aromatic nitrogens is 2. The van der Waals surface area contributed by atoms with Crippen LogP contribution in [0.2, 0.25) is 5.02 Å². The van der Waals surface area contributed by atoms with Gasteiger partial charge in [-0.1, -0.05) is 18.5 Å². The highest BCUT2D eigenvalue weighted by Gasteiger charge is 2.52. The molecule has 8 nitrogen and oxygen atoms in total. The number of oxazole rings is 1. The molecule has 0 bridgehead atoms. The van der Waals surface area contributed by atoms with Gasteiger partial charge in [-0.2, -0.15) is 0 Å². The highest BCUT2D eigenvalue weighted by molar-refractivity contribution is 6.30. The first-order valence-corrected chi connectivity index (χ1v) is 11.5. The minimum Gasteiger partial charge on any atom is -0.493 e. The number of piperazine rings is 1. The van der Waals surface area contributed by atoms with Gasteiger partial charge in [-0.05, 0) is 49.9 Å². The molecule has 1 atom stereocenters. The number of rotatable bonds is 6. The number of nitrogens with one attached hydrogen (secondary N) is 1. The molecule has 1 saturated heterocycles. The van der Waals surface area contributed by atoms with E-state index in [1.807, 2.05) is 13.0 Å². The average Bonchev–Trinajstić information content (AvgIpc) is 3.40. The zero-order valence-corrected chi connectivity index (χ0v) is 19.3. The standard InChI is InChI=1S/C24H25ClN4O4/c1-3-18-22(30)28-24(7-8-24)13-29(18)23(31)14-10-17-21(19(11-14)32-2)33-20(27-17)5-4-16-12-15(25)6-9-26-16/h6,9-12,18H,3-5,7-8,13H2,1-2H3,(H,28,30). The Balaban J connectivity index is 1.42. The van der Waals surface area contributed by atoms with Crippen LogP contribution in [-0.4, -0.2) is 51.9 Å². The second kappa shape index (κ2) is 8.33. The molecule has 0 radical (unpaired) electrons. The summed E-state index contributed by atoms with van der Waals surface area (Å²) >= 11 is 6.04. The third kappa shape index (κ3) is 4.15. The molecule has 33 heavy (non-hydrogen) atoms. The van der Waals surface area contributed by atoms with E-state index < -0.39 is 6.04 Å². The number of hydrogen-bond donors (Lipinski definition) is 1. The molecule has 1 unspecified atom stereocenters. The summed E-state index contributed by atoms with van der Waals surface area (Å²) in [5.41, 5.74) is 2.05. The number of benzene rings is 1. The van der Waals surface area contributed by atoms with Crippen LogP contribution in [0.4, 0.5) is 0 Å². The maximum Gasteiger partial charge on any atom is 0.254 e. The number of ether oxygens (including phenoxy) is 1. The Bertz CT molecular complexity index is 1240. The molecular formula is C24H25ClN4O4. The Labute approximate surface area is 196 Å². The lowest BCUT2D eigenvalue weighted by Crippen LogP contribution is -2.62. The molecule has 3 aromatic rings. The third-order valence-electron chi connectivity index (χ3n) is 6.38. The van der Waals surface area contributed by atoms with Gasteiger partial charge in [0.05, 0.1) is 12.6 Å². The minimum absolute atomic E-state index is 0.0824. The molecule has 1 N–H and O–H groups in total. The van der Waals surface area contributed by atoms with Crippen LogP contribution in [0, 0.1) is 0 Å². The quantitative estimate of drug-likeness (QED) is 0.594. The molecule has 2 amide bonds. The lowest BCUT2D eigenvalue weighted by atomic mass is 10.0. The molecule has 1 aromatic carbocycles. The van der Waals surface area contributed by atoms with Gasteiger partial charge in [0.25, 0.3) is 5.91 Å². The predicted octanol–water partition coefficient (Wildman–Crippen LogP) is 3.55. The van der Waals surface area contributed by atoms with Crippen molar-refractivity contribution in [3.8, 4) is 5.75 Å². The van der Waals surface area contributed by atoms with Crippen LogP contribution in [0.5, 0.6) is 5.75 Å². The van der Waals surface area contributed by atoms with Crippen molar-refractivity contribution in [1.29, 1.82) is 0 Å². The Kier molecular flexibility index (Phi) is 5.48.